The standard InChI is InChI=1S/C9H11NO/c1-2-4-9-8(3-1)7-11-6-5-10-9/h1-4,10H,5-7H2. The quantitative estimate of drug-likeness (QED) is 0.605. The van der Waals surface area contributed by atoms with Gasteiger partial charge in [-0.15, -0.1) is 0 Å². The van der Waals surface area contributed by atoms with Crippen molar-refractivity contribution in [3.8, 4) is 0 Å². The molecule has 1 aromatic carbocycles. The van der Waals surface area contributed by atoms with Crippen molar-refractivity contribution in [1.82, 2.24) is 0 Å². The van der Waals surface area contributed by atoms with Crippen molar-refractivity contribution in [2.75, 3.05) is 18.5 Å². The normalized spacial score (nSPS) is 16.4. The van der Waals surface area contributed by atoms with Crippen LogP contribution in [-0.4, -0.2) is 13.2 Å². The second-order valence-corrected chi connectivity index (χ2v) is 2.64. The van der Waals surface area contributed by atoms with Crippen LogP contribution in [0.5, 0.6) is 0 Å². The molecule has 0 amide bonds. The molecule has 0 atom stereocenters. The number of fused-ring (bicyclic) bond motifs is 1. The second kappa shape index (κ2) is 2.93. The first kappa shape index (κ1) is 6.68. The Labute approximate surface area is 66.2 Å². The topological polar surface area (TPSA) is 21.3 Å². The van der Waals surface area contributed by atoms with E-state index in [2.05, 4.69) is 17.4 Å². The average Bonchev–Trinajstić information content (AvgIpc) is 2.28. The minimum atomic E-state index is 0.739. The molecule has 1 heterocycles. The zero-order chi connectivity index (χ0) is 7.52. The summed E-state index contributed by atoms with van der Waals surface area (Å²) in [5.74, 6) is 0. The van der Waals surface area contributed by atoms with Gasteiger partial charge in [0.1, 0.15) is 0 Å². The molecule has 0 aromatic heterocycles. The Hall–Kier alpha value is -1.02. The van der Waals surface area contributed by atoms with E-state index in [1.54, 1.807) is 0 Å². The van der Waals surface area contributed by atoms with E-state index in [0.29, 0.717) is 0 Å². The molecule has 58 valence electrons. The van der Waals surface area contributed by atoms with Crippen molar-refractivity contribution >= 4 is 5.69 Å². The van der Waals surface area contributed by atoms with E-state index in [9.17, 15) is 0 Å². The lowest BCUT2D eigenvalue weighted by Gasteiger charge is -2.03. The van der Waals surface area contributed by atoms with Crippen LogP contribution in [-0.2, 0) is 11.3 Å². The van der Waals surface area contributed by atoms with E-state index in [-0.39, 0.29) is 0 Å². The minimum absolute atomic E-state index is 0.739. The third kappa shape index (κ3) is 1.35. The fraction of sp³-hybridized carbons (Fsp3) is 0.333. The molecule has 0 saturated carbocycles. The Morgan fingerprint density at radius 2 is 2.18 bits per heavy atom. The van der Waals surface area contributed by atoms with Gasteiger partial charge in [0.15, 0.2) is 0 Å². The smallest absolute Gasteiger partial charge is 0.0737 e. The van der Waals surface area contributed by atoms with Crippen LogP contribution < -0.4 is 5.32 Å². The summed E-state index contributed by atoms with van der Waals surface area (Å²) in [7, 11) is 0. The van der Waals surface area contributed by atoms with Crippen molar-refractivity contribution in [3.63, 3.8) is 0 Å². The summed E-state index contributed by atoms with van der Waals surface area (Å²) in [6, 6.07) is 8.25. The molecule has 0 fully saturated rings. The number of benzene rings is 1. The van der Waals surface area contributed by atoms with Crippen LogP contribution in [0.2, 0.25) is 0 Å². The van der Waals surface area contributed by atoms with Gasteiger partial charge in [-0.2, -0.15) is 0 Å². The predicted octanol–water partition coefficient (Wildman–Crippen LogP) is 1.63. The molecule has 2 rings (SSSR count). The van der Waals surface area contributed by atoms with Gasteiger partial charge < -0.3 is 10.1 Å². The molecule has 0 spiro atoms. The lowest BCUT2D eigenvalue weighted by atomic mass is 10.2. The monoisotopic (exact) mass is 149 g/mol. The number of ether oxygens (including phenoxy) is 1. The van der Waals surface area contributed by atoms with Gasteiger partial charge in [-0.1, -0.05) is 18.2 Å². The van der Waals surface area contributed by atoms with Crippen LogP contribution in [0.1, 0.15) is 5.56 Å². The number of hydrogen-bond acceptors (Lipinski definition) is 2. The average molecular weight is 149 g/mol. The van der Waals surface area contributed by atoms with Gasteiger partial charge in [-0.25, -0.2) is 0 Å². The van der Waals surface area contributed by atoms with E-state index in [1.165, 1.54) is 11.3 Å². The fourth-order valence-electron chi connectivity index (χ4n) is 1.26. The van der Waals surface area contributed by atoms with Crippen LogP contribution in [0.25, 0.3) is 0 Å². The summed E-state index contributed by atoms with van der Waals surface area (Å²) in [4.78, 5) is 0. The summed E-state index contributed by atoms with van der Waals surface area (Å²) >= 11 is 0. The third-order valence-electron chi connectivity index (χ3n) is 1.84. The van der Waals surface area contributed by atoms with E-state index in [4.69, 9.17) is 4.74 Å². The fourth-order valence-corrected chi connectivity index (χ4v) is 1.26. The third-order valence-corrected chi connectivity index (χ3v) is 1.84. The molecule has 1 aromatic rings. The Balaban J connectivity index is 2.33. The molecular weight excluding hydrogens is 138 g/mol. The minimum Gasteiger partial charge on any atom is -0.382 e. The number of nitrogens with one attached hydrogen (secondary N) is 1. The summed E-state index contributed by atoms with van der Waals surface area (Å²) < 4.78 is 5.36. The SMILES string of the molecule is c1ccc2c(c1)COCCN2. The summed E-state index contributed by atoms with van der Waals surface area (Å²) in [5.41, 5.74) is 2.47. The van der Waals surface area contributed by atoms with Gasteiger partial charge in [0, 0.05) is 17.8 Å². The molecule has 0 aliphatic carbocycles. The highest BCUT2D eigenvalue weighted by Gasteiger charge is 2.04. The number of para-hydroxylation sites is 1. The van der Waals surface area contributed by atoms with E-state index in [1.807, 2.05) is 12.1 Å². The number of hydrogen-bond donors (Lipinski definition) is 1. The Bertz CT molecular complexity index is 222. The van der Waals surface area contributed by atoms with Gasteiger partial charge in [-0.3, -0.25) is 0 Å². The maximum absolute atomic E-state index is 5.36. The first-order valence-electron chi connectivity index (χ1n) is 3.86. The number of rotatable bonds is 0. The maximum Gasteiger partial charge on any atom is 0.0737 e. The molecule has 1 aliphatic rings. The summed E-state index contributed by atoms with van der Waals surface area (Å²) in [6.07, 6.45) is 0. The lowest BCUT2D eigenvalue weighted by Crippen LogP contribution is -2.04. The molecule has 2 heteroatoms. The first-order valence-corrected chi connectivity index (χ1v) is 3.86. The maximum atomic E-state index is 5.36. The largest absolute Gasteiger partial charge is 0.382 e. The van der Waals surface area contributed by atoms with Gasteiger partial charge in [0.25, 0.3) is 0 Å². The van der Waals surface area contributed by atoms with Crippen LogP contribution in [0.3, 0.4) is 0 Å². The van der Waals surface area contributed by atoms with E-state index >= 15 is 0 Å². The van der Waals surface area contributed by atoms with Gasteiger partial charge in [-0.05, 0) is 6.07 Å². The van der Waals surface area contributed by atoms with Crippen LogP contribution >= 0.6 is 0 Å². The Morgan fingerprint density at radius 1 is 1.27 bits per heavy atom. The number of anilines is 1. The summed E-state index contributed by atoms with van der Waals surface area (Å²) in [5, 5.41) is 3.30. The van der Waals surface area contributed by atoms with Crippen molar-refractivity contribution in [1.29, 1.82) is 0 Å². The van der Waals surface area contributed by atoms with E-state index in [0.717, 1.165) is 19.8 Å². The Morgan fingerprint density at radius 3 is 3.18 bits per heavy atom. The molecule has 0 radical (unpaired) electrons. The van der Waals surface area contributed by atoms with Crippen LogP contribution in [0.15, 0.2) is 24.3 Å². The highest BCUT2D eigenvalue weighted by molar-refractivity contribution is 5.51. The highest BCUT2D eigenvalue weighted by atomic mass is 16.5. The van der Waals surface area contributed by atoms with Gasteiger partial charge >= 0.3 is 0 Å². The molecular formula is C9H11NO. The molecule has 2 nitrogen and oxygen atoms in total. The highest BCUT2D eigenvalue weighted by Crippen LogP contribution is 2.17. The molecule has 11 heavy (non-hydrogen) atoms. The molecule has 0 bridgehead atoms. The van der Waals surface area contributed by atoms with Crippen molar-refractivity contribution < 1.29 is 4.74 Å². The van der Waals surface area contributed by atoms with Crippen molar-refractivity contribution in [3.05, 3.63) is 29.8 Å². The summed E-state index contributed by atoms with van der Waals surface area (Å²) in [6.45, 7) is 2.45. The molecule has 1 N–H and O–H groups in total. The Kier molecular flexibility index (Phi) is 1.78. The molecule has 0 saturated heterocycles. The van der Waals surface area contributed by atoms with Gasteiger partial charge in [0.05, 0.1) is 13.2 Å². The van der Waals surface area contributed by atoms with Gasteiger partial charge in [0.2, 0.25) is 0 Å². The predicted molar refractivity (Wildman–Crippen MR) is 44.6 cm³/mol. The van der Waals surface area contributed by atoms with Crippen LogP contribution in [0, 0.1) is 0 Å². The van der Waals surface area contributed by atoms with Crippen molar-refractivity contribution in [2.24, 2.45) is 0 Å². The molecule has 0 unspecified atom stereocenters. The molecule has 1 aliphatic heterocycles. The zero-order valence-electron chi connectivity index (χ0n) is 6.34. The second-order valence-electron chi connectivity index (χ2n) is 2.64. The zero-order valence-corrected chi connectivity index (χ0v) is 6.34. The first-order chi connectivity index (χ1) is 5.47. The van der Waals surface area contributed by atoms with Crippen LogP contribution in [0.4, 0.5) is 5.69 Å². The lowest BCUT2D eigenvalue weighted by molar-refractivity contribution is 0.135. The van der Waals surface area contributed by atoms with E-state index < -0.39 is 0 Å². The van der Waals surface area contributed by atoms with Crippen molar-refractivity contribution in [2.45, 2.75) is 6.61 Å².